The number of ether oxygens (including phenoxy) is 4. The summed E-state index contributed by atoms with van der Waals surface area (Å²) in [5, 5.41) is 11.7. The lowest BCUT2D eigenvalue weighted by Crippen LogP contribution is -2.32. The third-order valence-electron chi connectivity index (χ3n) is 6.97. The van der Waals surface area contributed by atoms with Crippen LogP contribution in [-0.4, -0.2) is 66.2 Å². The van der Waals surface area contributed by atoms with Crippen molar-refractivity contribution in [3.05, 3.63) is 80.7 Å². The highest BCUT2D eigenvalue weighted by atomic mass is 35.5. The Kier molecular flexibility index (Phi) is 11.7. The molecule has 4 rings (SSSR count). The van der Waals surface area contributed by atoms with Crippen molar-refractivity contribution >= 4 is 45.1 Å². The lowest BCUT2D eigenvalue weighted by molar-refractivity contribution is -0.605. The quantitative estimate of drug-likeness (QED) is 0.136. The Hall–Kier alpha value is -3.92. The van der Waals surface area contributed by atoms with Crippen LogP contribution in [0.25, 0.3) is 0 Å². The van der Waals surface area contributed by atoms with Gasteiger partial charge in [-0.3, -0.25) is 9.59 Å². The fourth-order valence-electron chi connectivity index (χ4n) is 4.36. The summed E-state index contributed by atoms with van der Waals surface area (Å²) < 4.78 is 76.1. The molecule has 254 valence electrons. The number of aromatic nitrogens is 1. The number of rotatable bonds is 15. The SMILES string of the molecule is COc1ccc(S(=O)(=O)NCC(=O)O[C@@H](Cc2c(Cl)c[n+]([O-])cc2Cl)c2ccc(OC(F)F)c(OCC3CC3)c2)cc1C(=O)N(C)C. The smallest absolute Gasteiger partial charge is 0.387 e. The highest BCUT2D eigenvalue weighted by Gasteiger charge is 2.28. The standard InChI is InChI=1S/C30H31Cl2F2N3O9S/c1-36(2)29(39)21-11-19(7-9-24(21)43-3)47(41,42)35-13-28(38)45-26(12-20-22(31)14-37(40)15-23(20)32)18-6-8-25(46-30(33)34)27(10-18)44-16-17-4-5-17/h6-11,14-15,17,26,30,35H,4-5,12-13,16H2,1-3H3/t26-/m0/s1. The van der Waals surface area contributed by atoms with Crippen LogP contribution in [0.5, 0.6) is 17.2 Å². The summed E-state index contributed by atoms with van der Waals surface area (Å²) in [5.41, 5.74) is 0.461. The minimum atomic E-state index is -4.34. The van der Waals surface area contributed by atoms with E-state index in [9.17, 15) is 32.0 Å². The van der Waals surface area contributed by atoms with Gasteiger partial charge in [0.2, 0.25) is 10.0 Å². The third-order valence-corrected chi connectivity index (χ3v) is 9.02. The molecule has 0 spiro atoms. The summed E-state index contributed by atoms with van der Waals surface area (Å²) in [4.78, 5) is 26.6. The minimum absolute atomic E-state index is 0.0157. The molecule has 0 unspecified atom stereocenters. The average Bonchev–Trinajstić information content (AvgIpc) is 3.84. The number of esters is 1. The number of amides is 1. The van der Waals surface area contributed by atoms with Gasteiger partial charge in [0.1, 0.15) is 28.4 Å². The highest BCUT2D eigenvalue weighted by molar-refractivity contribution is 7.89. The van der Waals surface area contributed by atoms with Gasteiger partial charge in [-0.1, -0.05) is 29.3 Å². The molecule has 1 amide bonds. The van der Waals surface area contributed by atoms with Crippen molar-refractivity contribution < 1.29 is 50.5 Å². The normalized spacial score (nSPS) is 13.6. The number of nitrogens with zero attached hydrogens (tertiary/aromatic N) is 2. The molecule has 0 bridgehead atoms. The van der Waals surface area contributed by atoms with E-state index in [1.807, 2.05) is 0 Å². The summed E-state index contributed by atoms with van der Waals surface area (Å²) in [6, 6.07) is 7.58. The van der Waals surface area contributed by atoms with E-state index in [0.29, 0.717) is 4.73 Å². The minimum Gasteiger partial charge on any atom is -0.619 e. The highest BCUT2D eigenvalue weighted by Crippen LogP contribution is 2.38. The first kappa shape index (κ1) is 35.9. The van der Waals surface area contributed by atoms with Gasteiger partial charge in [-0.25, -0.2) is 8.42 Å². The Morgan fingerprint density at radius 2 is 1.72 bits per heavy atom. The van der Waals surface area contributed by atoms with E-state index < -0.39 is 41.2 Å². The first-order valence-electron chi connectivity index (χ1n) is 14.1. The van der Waals surface area contributed by atoms with Gasteiger partial charge in [-0.2, -0.15) is 18.2 Å². The van der Waals surface area contributed by atoms with Gasteiger partial charge in [-0.15, -0.1) is 0 Å². The van der Waals surface area contributed by atoms with Gasteiger partial charge in [0.15, 0.2) is 23.9 Å². The zero-order chi connectivity index (χ0) is 34.5. The van der Waals surface area contributed by atoms with Gasteiger partial charge in [0.05, 0.1) is 24.2 Å². The summed E-state index contributed by atoms with van der Waals surface area (Å²) in [6.45, 7) is -3.72. The second kappa shape index (κ2) is 15.3. The molecule has 1 aliphatic carbocycles. The van der Waals surface area contributed by atoms with E-state index in [4.69, 9.17) is 37.4 Å². The van der Waals surface area contributed by atoms with Crippen LogP contribution in [0, 0.1) is 11.1 Å². The first-order chi connectivity index (χ1) is 22.2. The van der Waals surface area contributed by atoms with Crippen LogP contribution in [0.1, 0.15) is 40.4 Å². The molecule has 17 heteroatoms. The summed E-state index contributed by atoms with van der Waals surface area (Å²) in [6.07, 6.45) is 2.54. The Morgan fingerprint density at radius 3 is 2.32 bits per heavy atom. The summed E-state index contributed by atoms with van der Waals surface area (Å²) in [7, 11) is -0.0286. The van der Waals surface area contributed by atoms with Crippen LogP contribution < -0.4 is 23.7 Å². The maximum absolute atomic E-state index is 13.1. The predicted octanol–water partition coefficient (Wildman–Crippen LogP) is 4.53. The number of nitrogens with one attached hydrogen (secondary N) is 1. The van der Waals surface area contributed by atoms with Crippen molar-refractivity contribution in [1.82, 2.24) is 9.62 Å². The van der Waals surface area contributed by atoms with E-state index in [0.717, 1.165) is 31.3 Å². The molecule has 1 N–H and O–H groups in total. The van der Waals surface area contributed by atoms with Gasteiger partial charge in [0, 0.05) is 26.1 Å². The fourth-order valence-corrected chi connectivity index (χ4v) is 5.96. The molecule has 1 aromatic heterocycles. The van der Waals surface area contributed by atoms with Crippen molar-refractivity contribution in [2.75, 3.05) is 34.4 Å². The van der Waals surface area contributed by atoms with Crippen LogP contribution >= 0.6 is 23.2 Å². The molecule has 0 saturated heterocycles. The second-order valence-electron chi connectivity index (χ2n) is 10.7. The van der Waals surface area contributed by atoms with Crippen molar-refractivity contribution in [3.63, 3.8) is 0 Å². The van der Waals surface area contributed by atoms with Gasteiger partial charge in [-0.05, 0) is 54.7 Å². The lowest BCUT2D eigenvalue weighted by atomic mass is 10.0. The Balaban J connectivity index is 1.60. The number of methoxy groups -OCH3 is 1. The number of sulfonamides is 1. The van der Waals surface area contributed by atoms with Crippen molar-refractivity contribution in [2.45, 2.75) is 36.9 Å². The van der Waals surface area contributed by atoms with Crippen molar-refractivity contribution in [1.29, 1.82) is 0 Å². The molecule has 2 aromatic carbocycles. The molecular formula is C30H31Cl2F2N3O9S. The van der Waals surface area contributed by atoms with E-state index >= 15 is 0 Å². The number of halogens is 4. The number of hydrogen-bond donors (Lipinski definition) is 1. The number of hydrogen-bond acceptors (Lipinski definition) is 9. The molecule has 47 heavy (non-hydrogen) atoms. The molecule has 1 aliphatic rings. The van der Waals surface area contributed by atoms with E-state index in [2.05, 4.69) is 9.46 Å². The molecule has 1 heterocycles. The largest absolute Gasteiger partial charge is 0.619 e. The molecule has 1 saturated carbocycles. The van der Waals surface area contributed by atoms with Crippen LogP contribution in [0.15, 0.2) is 53.7 Å². The Morgan fingerprint density at radius 1 is 1.06 bits per heavy atom. The van der Waals surface area contributed by atoms with Gasteiger partial charge < -0.3 is 29.1 Å². The van der Waals surface area contributed by atoms with E-state index in [-0.39, 0.29) is 67.8 Å². The number of pyridine rings is 1. The number of carbonyl (C=O) groups is 2. The predicted molar refractivity (Wildman–Crippen MR) is 165 cm³/mol. The maximum atomic E-state index is 13.1. The monoisotopic (exact) mass is 717 g/mol. The molecule has 0 aliphatic heterocycles. The third kappa shape index (κ3) is 9.56. The first-order valence-corrected chi connectivity index (χ1v) is 16.3. The van der Waals surface area contributed by atoms with Crippen LogP contribution in [-0.2, 0) is 26.0 Å². The molecule has 1 fully saturated rings. The number of carbonyl (C=O) groups excluding carboxylic acids is 2. The van der Waals surface area contributed by atoms with E-state index in [1.54, 1.807) is 0 Å². The number of benzene rings is 2. The Bertz CT molecular complexity index is 1720. The topological polar surface area (TPSA) is 147 Å². The molecular weight excluding hydrogens is 687 g/mol. The molecule has 0 radical (unpaired) electrons. The van der Waals surface area contributed by atoms with E-state index in [1.165, 1.54) is 56.4 Å². The second-order valence-corrected chi connectivity index (χ2v) is 13.3. The fraction of sp³-hybridized carbons (Fsp3) is 0.367. The maximum Gasteiger partial charge on any atom is 0.387 e. The molecule has 3 aromatic rings. The van der Waals surface area contributed by atoms with Gasteiger partial charge >= 0.3 is 12.6 Å². The zero-order valence-corrected chi connectivity index (χ0v) is 27.7. The average molecular weight is 719 g/mol. The van der Waals surface area contributed by atoms with Crippen LogP contribution in [0.4, 0.5) is 8.78 Å². The summed E-state index contributed by atoms with van der Waals surface area (Å²) >= 11 is 12.5. The van der Waals surface area contributed by atoms with Gasteiger partial charge in [0.25, 0.3) is 5.91 Å². The summed E-state index contributed by atoms with van der Waals surface area (Å²) in [5.74, 6) is -1.39. The molecule has 12 nitrogen and oxygen atoms in total. The lowest BCUT2D eigenvalue weighted by Gasteiger charge is -2.21. The number of alkyl halides is 2. The van der Waals surface area contributed by atoms with Crippen molar-refractivity contribution in [3.8, 4) is 17.2 Å². The Labute approximate surface area is 279 Å². The van der Waals surface area contributed by atoms with Crippen LogP contribution in [0.3, 0.4) is 0 Å². The zero-order valence-electron chi connectivity index (χ0n) is 25.4. The molecule has 1 atom stereocenters. The van der Waals surface area contributed by atoms with Crippen molar-refractivity contribution in [2.24, 2.45) is 5.92 Å². The van der Waals surface area contributed by atoms with Crippen LogP contribution in [0.2, 0.25) is 10.0 Å².